The number of hydrogen-bond acceptors (Lipinski definition) is 5. The molecule has 0 saturated carbocycles. The van der Waals surface area contributed by atoms with Gasteiger partial charge in [0.15, 0.2) is 18.1 Å². The van der Waals surface area contributed by atoms with Gasteiger partial charge in [0.2, 0.25) is 0 Å². The summed E-state index contributed by atoms with van der Waals surface area (Å²) in [7, 11) is 0. The Morgan fingerprint density at radius 1 is 1.17 bits per heavy atom. The quantitative estimate of drug-likeness (QED) is 0.625. The molecular weight excluding hydrogens is 438 g/mol. The molecule has 2 aromatic carbocycles. The molecule has 8 heteroatoms. The molecule has 152 valence electrons. The number of amides is 2. The SMILES string of the molecule is CCNC(=O)c1ccc(C)c(NC(=O)COc2c(Br)cc(C#N)cc2OCC)c1. The number of hydrogen-bond donors (Lipinski definition) is 2. The van der Waals surface area contributed by atoms with Gasteiger partial charge in [-0.3, -0.25) is 9.59 Å². The van der Waals surface area contributed by atoms with E-state index in [1.165, 1.54) is 0 Å². The van der Waals surface area contributed by atoms with E-state index in [-0.39, 0.29) is 18.4 Å². The van der Waals surface area contributed by atoms with Gasteiger partial charge < -0.3 is 20.1 Å². The standard InChI is InChI=1S/C21H22BrN3O4/c1-4-24-21(27)15-7-6-13(3)17(10-15)25-19(26)12-29-20-16(22)8-14(11-23)9-18(20)28-5-2/h6-10H,4-5,12H2,1-3H3,(H,24,27)(H,25,26). The molecule has 0 radical (unpaired) electrons. The molecule has 7 nitrogen and oxygen atoms in total. The number of nitrogens with zero attached hydrogens (tertiary/aromatic N) is 1. The fourth-order valence-electron chi connectivity index (χ4n) is 2.52. The van der Waals surface area contributed by atoms with Crippen molar-refractivity contribution in [3.8, 4) is 17.6 Å². The van der Waals surface area contributed by atoms with E-state index in [4.69, 9.17) is 14.7 Å². The molecule has 0 heterocycles. The van der Waals surface area contributed by atoms with Crippen molar-refractivity contribution < 1.29 is 19.1 Å². The highest BCUT2D eigenvalue weighted by Crippen LogP contribution is 2.36. The highest BCUT2D eigenvalue weighted by molar-refractivity contribution is 9.10. The molecule has 0 aliphatic heterocycles. The lowest BCUT2D eigenvalue weighted by Gasteiger charge is -2.15. The topological polar surface area (TPSA) is 100 Å². The zero-order valence-electron chi connectivity index (χ0n) is 16.5. The number of nitriles is 1. The van der Waals surface area contributed by atoms with Gasteiger partial charge in [-0.2, -0.15) is 5.26 Å². The number of nitrogens with one attached hydrogen (secondary N) is 2. The molecule has 2 aromatic rings. The molecule has 2 N–H and O–H groups in total. The van der Waals surface area contributed by atoms with Crippen LogP contribution >= 0.6 is 15.9 Å². The van der Waals surface area contributed by atoms with Gasteiger partial charge in [0.25, 0.3) is 11.8 Å². The van der Waals surface area contributed by atoms with Crippen molar-refractivity contribution in [3.63, 3.8) is 0 Å². The van der Waals surface area contributed by atoms with Crippen LogP contribution < -0.4 is 20.1 Å². The monoisotopic (exact) mass is 459 g/mol. The number of aryl methyl sites for hydroxylation is 1. The van der Waals surface area contributed by atoms with Crippen LogP contribution in [0.2, 0.25) is 0 Å². The summed E-state index contributed by atoms with van der Waals surface area (Å²) in [5.74, 6) is 0.122. The Labute approximate surface area is 178 Å². The van der Waals surface area contributed by atoms with Crippen LogP contribution in [0.4, 0.5) is 5.69 Å². The number of carbonyl (C=O) groups excluding carboxylic acids is 2. The van der Waals surface area contributed by atoms with E-state index in [0.29, 0.717) is 45.9 Å². The van der Waals surface area contributed by atoms with Gasteiger partial charge in [0.1, 0.15) is 0 Å². The van der Waals surface area contributed by atoms with E-state index >= 15 is 0 Å². The van der Waals surface area contributed by atoms with Crippen LogP contribution in [0.1, 0.15) is 35.3 Å². The Bertz CT molecular complexity index is 954. The molecule has 2 amide bonds. The fraction of sp³-hybridized carbons (Fsp3) is 0.286. The summed E-state index contributed by atoms with van der Waals surface area (Å²) in [6.45, 7) is 6.12. The summed E-state index contributed by atoms with van der Waals surface area (Å²) in [4.78, 5) is 24.4. The molecule has 0 aliphatic carbocycles. The highest BCUT2D eigenvalue weighted by atomic mass is 79.9. The van der Waals surface area contributed by atoms with Crippen LogP contribution in [0.5, 0.6) is 11.5 Å². The van der Waals surface area contributed by atoms with Crippen LogP contribution in [-0.4, -0.2) is 31.6 Å². The summed E-state index contributed by atoms with van der Waals surface area (Å²) in [5, 5.41) is 14.6. The first kappa shape index (κ1) is 22.2. The van der Waals surface area contributed by atoms with E-state index in [9.17, 15) is 9.59 Å². The molecule has 0 aromatic heterocycles. The largest absolute Gasteiger partial charge is 0.490 e. The average molecular weight is 460 g/mol. The minimum atomic E-state index is -0.389. The lowest BCUT2D eigenvalue weighted by Crippen LogP contribution is -2.24. The summed E-state index contributed by atoms with van der Waals surface area (Å²) in [6, 6.07) is 10.3. The van der Waals surface area contributed by atoms with Crippen molar-refractivity contribution in [2.75, 3.05) is 25.1 Å². The van der Waals surface area contributed by atoms with Gasteiger partial charge in [0, 0.05) is 23.9 Å². The first-order valence-corrected chi connectivity index (χ1v) is 9.86. The van der Waals surface area contributed by atoms with Crippen molar-refractivity contribution in [1.29, 1.82) is 5.26 Å². The Morgan fingerprint density at radius 3 is 2.59 bits per heavy atom. The van der Waals surface area contributed by atoms with Gasteiger partial charge in [-0.05, 0) is 60.5 Å². The van der Waals surface area contributed by atoms with Gasteiger partial charge in [-0.25, -0.2) is 0 Å². The number of carbonyl (C=O) groups is 2. The van der Waals surface area contributed by atoms with Crippen molar-refractivity contribution in [1.82, 2.24) is 5.32 Å². The molecule has 29 heavy (non-hydrogen) atoms. The van der Waals surface area contributed by atoms with Crippen LogP contribution in [0.3, 0.4) is 0 Å². The second-order valence-electron chi connectivity index (χ2n) is 6.06. The lowest BCUT2D eigenvalue weighted by atomic mass is 10.1. The Balaban J connectivity index is 2.12. The van der Waals surface area contributed by atoms with Crippen molar-refractivity contribution in [2.24, 2.45) is 0 Å². The zero-order valence-corrected chi connectivity index (χ0v) is 18.1. The van der Waals surface area contributed by atoms with Gasteiger partial charge in [-0.15, -0.1) is 0 Å². The second-order valence-corrected chi connectivity index (χ2v) is 6.91. The molecule has 2 rings (SSSR count). The maximum absolute atomic E-state index is 12.4. The molecule has 0 spiro atoms. The van der Waals surface area contributed by atoms with Crippen LogP contribution in [0.15, 0.2) is 34.8 Å². The van der Waals surface area contributed by atoms with E-state index in [2.05, 4.69) is 26.6 Å². The summed E-state index contributed by atoms with van der Waals surface area (Å²) >= 11 is 3.35. The average Bonchev–Trinajstić information content (AvgIpc) is 2.69. The number of rotatable bonds is 8. The Hall–Kier alpha value is -3.05. The third-order valence-electron chi connectivity index (χ3n) is 3.90. The van der Waals surface area contributed by atoms with Gasteiger partial charge in [-0.1, -0.05) is 6.07 Å². The maximum Gasteiger partial charge on any atom is 0.262 e. The van der Waals surface area contributed by atoms with Gasteiger partial charge in [0.05, 0.1) is 22.7 Å². The Morgan fingerprint density at radius 2 is 1.93 bits per heavy atom. The van der Waals surface area contributed by atoms with Crippen molar-refractivity contribution in [2.45, 2.75) is 20.8 Å². The minimum Gasteiger partial charge on any atom is -0.490 e. The maximum atomic E-state index is 12.4. The first-order valence-electron chi connectivity index (χ1n) is 9.07. The number of anilines is 1. The summed E-state index contributed by atoms with van der Waals surface area (Å²) in [5.41, 5.74) is 2.23. The minimum absolute atomic E-state index is 0.206. The van der Waals surface area contributed by atoms with E-state index < -0.39 is 0 Å². The van der Waals surface area contributed by atoms with Crippen molar-refractivity contribution >= 4 is 33.4 Å². The molecular formula is C21H22BrN3O4. The highest BCUT2D eigenvalue weighted by Gasteiger charge is 2.15. The predicted molar refractivity (Wildman–Crippen MR) is 113 cm³/mol. The molecule has 0 unspecified atom stereocenters. The first-order chi connectivity index (χ1) is 13.9. The van der Waals surface area contributed by atoms with Crippen LogP contribution in [-0.2, 0) is 4.79 Å². The van der Waals surface area contributed by atoms with Crippen LogP contribution in [0, 0.1) is 18.3 Å². The van der Waals surface area contributed by atoms with E-state index in [0.717, 1.165) is 5.56 Å². The van der Waals surface area contributed by atoms with Gasteiger partial charge >= 0.3 is 0 Å². The third-order valence-corrected chi connectivity index (χ3v) is 4.49. The zero-order chi connectivity index (χ0) is 21.4. The molecule has 0 aliphatic rings. The second kappa shape index (κ2) is 10.5. The third kappa shape index (κ3) is 5.96. The summed E-state index contributed by atoms with van der Waals surface area (Å²) in [6.07, 6.45) is 0. The Kier molecular flexibility index (Phi) is 8.04. The molecule has 0 bridgehead atoms. The molecule has 0 saturated heterocycles. The molecule has 0 atom stereocenters. The van der Waals surface area contributed by atoms with E-state index in [1.807, 2.05) is 26.8 Å². The number of benzene rings is 2. The normalized spacial score (nSPS) is 10.0. The number of halogens is 1. The lowest BCUT2D eigenvalue weighted by molar-refractivity contribution is -0.118. The van der Waals surface area contributed by atoms with E-state index in [1.54, 1.807) is 30.3 Å². The fourth-order valence-corrected chi connectivity index (χ4v) is 3.08. The number of ether oxygens (including phenoxy) is 2. The van der Waals surface area contributed by atoms with Crippen molar-refractivity contribution in [3.05, 3.63) is 51.5 Å². The smallest absolute Gasteiger partial charge is 0.262 e. The van der Waals surface area contributed by atoms with Crippen LogP contribution in [0.25, 0.3) is 0 Å². The predicted octanol–water partition coefficient (Wildman–Crippen LogP) is 3.80. The molecule has 0 fully saturated rings. The summed E-state index contributed by atoms with van der Waals surface area (Å²) < 4.78 is 11.7.